The van der Waals surface area contributed by atoms with Crippen LogP contribution in [0, 0.1) is 5.92 Å². The molecule has 1 rings (SSSR count). The summed E-state index contributed by atoms with van der Waals surface area (Å²) in [5.74, 6) is 0.955. The quantitative estimate of drug-likeness (QED) is 0.0735. The zero-order valence-electron chi connectivity index (χ0n) is 29.2. The van der Waals surface area contributed by atoms with Gasteiger partial charge in [-0.25, -0.2) is 0 Å². The van der Waals surface area contributed by atoms with Gasteiger partial charge in [-0.05, 0) is 30.4 Å². The number of rotatable bonds is 34. The summed E-state index contributed by atoms with van der Waals surface area (Å²) in [6, 6.07) is 4.35. The predicted octanol–water partition coefficient (Wildman–Crippen LogP) is 14.8. The van der Waals surface area contributed by atoms with E-state index in [0.29, 0.717) is 0 Å². The van der Waals surface area contributed by atoms with Gasteiger partial charge in [-0.1, -0.05) is 219 Å². The third kappa shape index (κ3) is 28.0. The Morgan fingerprint density at radius 3 is 1.10 bits per heavy atom. The van der Waals surface area contributed by atoms with Crippen molar-refractivity contribution in [1.29, 1.82) is 0 Å². The maximum Gasteiger partial charge on any atom is 0.0299 e. The normalized spacial score (nSPS) is 11.6. The van der Waals surface area contributed by atoms with Gasteiger partial charge in [-0.3, -0.25) is 4.98 Å². The first-order valence-electron chi connectivity index (χ1n) is 19.8. The minimum absolute atomic E-state index is 0.955. The Kier molecular flexibility index (Phi) is 30.8. The molecule has 0 atom stereocenters. The average molecular weight is 584 g/mol. The molecule has 246 valence electrons. The summed E-state index contributed by atoms with van der Waals surface area (Å²) in [4.78, 5) is 4.32. The lowest BCUT2D eigenvalue weighted by Crippen LogP contribution is -2.02. The van der Waals surface area contributed by atoms with Crippen molar-refractivity contribution in [2.75, 3.05) is 0 Å². The van der Waals surface area contributed by atoms with E-state index < -0.39 is 0 Å². The van der Waals surface area contributed by atoms with Crippen LogP contribution in [0.15, 0.2) is 24.5 Å². The molecule has 0 N–H and O–H groups in total. The van der Waals surface area contributed by atoms with Crippen LogP contribution in [-0.2, 0) is 6.42 Å². The SMILES string of the molecule is CCCCCCCCCCCCCCCCC(CCCCCCCCCCCCCCCC)CCCc1cccnc1. The minimum atomic E-state index is 0.955. The molecule has 0 saturated carbocycles. The first-order chi connectivity index (χ1) is 20.9. The Morgan fingerprint density at radius 1 is 0.429 bits per heavy atom. The predicted molar refractivity (Wildman–Crippen MR) is 191 cm³/mol. The van der Waals surface area contributed by atoms with Crippen LogP contribution in [0.5, 0.6) is 0 Å². The van der Waals surface area contributed by atoms with Crippen LogP contribution in [0.2, 0.25) is 0 Å². The van der Waals surface area contributed by atoms with E-state index in [1.54, 1.807) is 0 Å². The summed E-state index contributed by atoms with van der Waals surface area (Å²) < 4.78 is 0. The lowest BCUT2D eigenvalue weighted by atomic mass is 9.89. The van der Waals surface area contributed by atoms with Crippen LogP contribution < -0.4 is 0 Å². The van der Waals surface area contributed by atoms with Gasteiger partial charge in [0.2, 0.25) is 0 Å². The van der Waals surface area contributed by atoms with E-state index in [1.807, 2.05) is 6.20 Å². The smallest absolute Gasteiger partial charge is 0.0299 e. The fraction of sp³-hybridized carbons (Fsp3) is 0.878. The summed E-state index contributed by atoms with van der Waals surface area (Å²) in [6.45, 7) is 4.62. The number of aryl methyl sites for hydroxylation is 1. The van der Waals surface area contributed by atoms with Gasteiger partial charge in [-0.15, -0.1) is 0 Å². The zero-order chi connectivity index (χ0) is 30.0. The molecule has 1 heterocycles. The Labute approximate surface area is 266 Å². The number of nitrogens with zero attached hydrogens (tertiary/aromatic N) is 1. The molecule has 0 amide bonds. The van der Waals surface area contributed by atoms with Crippen LogP contribution in [0.4, 0.5) is 0 Å². The monoisotopic (exact) mass is 584 g/mol. The molecule has 1 aromatic heterocycles. The molecule has 0 aliphatic heterocycles. The molecule has 0 radical (unpaired) electrons. The summed E-state index contributed by atoms with van der Waals surface area (Å²) >= 11 is 0. The molecule has 0 bridgehead atoms. The molecule has 0 saturated heterocycles. The minimum Gasteiger partial charge on any atom is -0.264 e. The van der Waals surface area contributed by atoms with E-state index in [4.69, 9.17) is 0 Å². The fourth-order valence-electron chi connectivity index (χ4n) is 6.83. The molecule has 1 nitrogen and oxygen atoms in total. The van der Waals surface area contributed by atoms with Crippen molar-refractivity contribution in [3.63, 3.8) is 0 Å². The summed E-state index contributed by atoms with van der Waals surface area (Å²) in [5, 5.41) is 0. The van der Waals surface area contributed by atoms with Gasteiger partial charge < -0.3 is 0 Å². The van der Waals surface area contributed by atoms with Gasteiger partial charge in [0, 0.05) is 12.4 Å². The van der Waals surface area contributed by atoms with Crippen LogP contribution in [0.3, 0.4) is 0 Å². The zero-order valence-corrected chi connectivity index (χ0v) is 29.2. The highest BCUT2D eigenvalue weighted by Gasteiger charge is 2.09. The van der Waals surface area contributed by atoms with Crippen LogP contribution in [0.1, 0.15) is 225 Å². The van der Waals surface area contributed by atoms with Crippen molar-refractivity contribution >= 4 is 0 Å². The number of aromatic nitrogens is 1. The molecule has 0 spiro atoms. The van der Waals surface area contributed by atoms with Crippen molar-refractivity contribution in [2.45, 2.75) is 226 Å². The topological polar surface area (TPSA) is 12.9 Å². The lowest BCUT2D eigenvalue weighted by molar-refractivity contribution is 0.371. The first kappa shape index (κ1) is 39.2. The van der Waals surface area contributed by atoms with Crippen molar-refractivity contribution in [2.24, 2.45) is 5.92 Å². The summed E-state index contributed by atoms with van der Waals surface area (Å²) in [5.41, 5.74) is 1.42. The fourth-order valence-corrected chi connectivity index (χ4v) is 6.83. The van der Waals surface area contributed by atoms with Gasteiger partial charge in [0.05, 0.1) is 0 Å². The molecule has 0 aliphatic carbocycles. The molecule has 0 unspecified atom stereocenters. The largest absolute Gasteiger partial charge is 0.264 e. The van der Waals surface area contributed by atoms with Crippen molar-refractivity contribution in [3.8, 4) is 0 Å². The second-order valence-corrected chi connectivity index (χ2v) is 13.9. The highest BCUT2D eigenvalue weighted by Crippen LogP contribution is 2.24. The highest BCUT2D eigenvalue weighted by atomic mass is 14.6. The van der Waals surface area contributed by atoms with Crippen LogP contribution >= 0.6 is 0 Å². The maximum absolute atomic E-state index is 4.32. The second kappa shape index (κ2) is 33.1. The molecule has 0 fully saturated rings. The van der Waals surface area contributed by atoms with Gasteiger partial charge >= 0.3 is 0 Å². The Morgan fingerprint density at radius 2 is 0.762 bits per heavy atom. The van der Waals surface area contributed by atoms with Crippen molar-refractivity contribution in [1.82, 2.24) is 4.98 Å². The molecule has 1 aromatic rings. The molecule has 1 heteroatoms. The number of hydrogen-bond donors (Lipinski definition) is 0. The van der Waals surface area contributed by atoms with Gasteiger partial charge in [0.1, 0.15) is 0 Å². The highest BCUT2D eigenvalue weighted by molar-refractivity contribution is 5.08. The Bertz CT molecular complexity index is 579. The molecule has 0 aliphatic rings. The van der Waals surface area contributed by atoms with E-state index in [2.05, 4.69) is 37.2 Å². The van der Waals surface area contributed by atoms with E-state index >= 15 is 0 Å². The third-order valence-corrected chi connectivity index (χ3v) is 9.73. The average Bonchev–Trinajstić information content (AvgIpc) is 3.01. The number of pyridine rings is 1. The van der Waals surface area contributed by atoms with Crippen molar-refractivity contribution < 1.29 is 0 Å². The van der Waals surface area contributed by atoms with Crippen LogP contribution in [-0.4, -0.2) is 4.98 Å². The summed E-state index contributed by atoms with van der Waals surface area (Å²) in [6.07, 6.45) is 51.8. The van der Waals surface area contributed by atoms with Gasteiger partial charge in [0.25, 0.3) is 0 Å². The standard InChI is InChI=1S/C41H77N/c1-3-5-7-9-11-13-15-17-19-21-23-25-27-29-33-40(35-31-36-41-37-32-38-42-39-41)34-30-28-26-24-22-20-18-16-14-12-10-8-6-4-2/h32,37-40H,3-31,33-36H2,1-2H3. The molecular weight excluding hydrogens is 506 g/mol. The van der Waals surface area contributed by atoms with E-state index in [9.17, 15) is 0 Å². The summed E-state index contributed by atoms with van der Waals surface area (Å²) in [7, 11) is 0. The molecular formula is C41H77N. The Balaban J connectivity index is 2.05. The number of unbranched alkanes of at least 4 members (excludes halogenated alkanes) is 26. The first-order valence-corrected chi connectivity index (χ1v) is 19.8. The lowest BCUT2D eigenvalue weighted by Gasteiger charge is -2.17. The Hall–Kier alpha value is -0.850. The van der Waals surface area contributed by atoms with E-state index in [-0.39, 0.29) is 0 Å². The van der Waals surface area contributed by atoms with E-state index in [1.165, 1.54) is 217 Å². The third-order valence-electron chi connectivity index (χ3n) is 9.73. The number of hydrogen-bond acceptors (Lipinski definition) is 1. The molecule has 0 aromatic carbocycles. The second-order valence-electron chi connectivity index (χ2n) is 13.9. The maximum atomic E-state index is 4.32. The molecule has 42 heavy (non-hydrogen) atoms. The van der Waals surface area contributed by atoms with Gasteiger partial charge in [-0.2, -0.15) is 0 Å². The van der Waals surface area contributed by atoms with Crippen LogP contribution in [0.25, 0.3) is 0 Å². The van der Waals surface area contributed by atoms with E-state index in [0.717, 1.165) is 5.92 Å². The van der Waals surface area contributed by atoms with Crippen molar-refractivity contribution in [3.05, 3.63) is 30.1 Å². The van der Waals surface area contributed by atoms with Gasteiger partial charge in [0.15, 0.2) is 0 Å².